The van der Waals surface area contributed by atoms with Crippen LogP contribution in [0.15, 0.2) is 35.4 Å². The van der Waals surface area contributed by atoms with Gasteiger partial charge in [-0.1, -0.05) is 12.1 Å². The van der Waals surface area contributed by atoms with Gasteiger partial charge in [0.1, 0.15) is 0 Å². The Bertz CT molecular complexity index is 417. The summed E-state index contributed by atoms with van der Waals surface area (Å²) in [5.41, 5.74) is -4.00. The first kappa shape index (κ1) is 12.6. The Morgan fingerprint density at radius 2 is 2.06 bits per heavy atom. The van der Waals surface area contributed by atoms with Crippen LogP contribution in [-0.2, 0) is 0 Å². The average Bonchev–Trinajstić information content (AvgIpc) is 2.12. The summed E-state index contributed by atoms with van der Waals surface area (Å²) >= 11 is -0.255. The Morgan fingerprint density at radius 3 is 2.62 bits per heavy atom. The molecule has 0 aliphatic rings. The van der Waals surface area contributed by atoms with E-state index in [4.69, 9.17) is 0 Å². The highest BCUT2D eigenvalue weighted by Crippen LogP contribution is 2.36. The van der Waals surface area contributed by atoms with Crippen LogP contribution in [0.5, 0.6) is 0 Å². The molecular formula is C9H6F3NO2S. The predicted molar refractivity (Wildman–Crippen MR) is 54.4 cm³/mol. The number of halogens is 3. The van der Waals surface area contributed by atoms with Crippen LogP contribution >= 0.6 is 11.8 Å². The van der Waals surface area contributed by atoms with Gasteiger partial charge in [-0.05, 0) is 29.5 Å². The van der Waals surface area contributed by atoms with Crippen molar-refractivity contribution in [2.75, 3.05) is 0 Å². The fourth-order valence-corrected chi connectivity index (χ4v) is 1.57. The zero-order valence-electron chi connectivity index (χ0n) is 7.77. The lowest BCUT2D eigenvalue weighted by atomic mass is 10.2. The number of rotatable bonds is 3. The second-order valence-electron chi connectivity index (χ2n) is 2.72. The molecule has 3 nitrogen and oxygen atoms in total. The van der Waals surface area contributed by atoms with E-state index in [1.165, 1.54) is 24.3 Å². The van der Waals surface area contributed by atoms with Crippen molar-refractivity contribution in [3.8, 4) is 0 Å². The molecule has 0 atom stereocenters. The van der Waals surface area contributed by atoms with Crippen molar-refractivity contribution < 1.29 is 18.1 Å². The van der Waals surface area contributed by atoms with Crippen LogP contribution in [0.2, 0.25) is 0 Å². The van der Waals surface area contributed by atoms with Gasteiger partial charge in [-0.25, -0.2) is 0 Å². The van der Waals surface area contributed by atoms with Gasteiger partial charge in [0, 0.05) is 11.0 Å². The fourth-order valence-electron chi connectivity index (χ4n) is 0.962. The van der Waals surface area contributed by atoms with E-state index >= 15 is 0 Å². The minimum absolute atomic E-state index is 0.00185. The Balaban J connectivity index is 2.83. The molecule has 0 aliphatic carbocycles. The van der Waals surface area contributed by atoms with E-state index in [9.17, 15) is 23.3 Å². The summed E-state index contributed by atoms with van der Waals surface area (Å²) in [6, 6.07) is 5.42. The van der Waals surface area contributed by atoms with Gasteiger partial charge < -0.3 is 0 Å². The summed E-state index contributed by atoms with van der Waals surface area (Å²) in [6.45, 7) is 0. The van der Waals surface area contributed by atoms with Crippen LogP contribution in [0.25, 0.3) is 6.08 Å². The summed E-state index contributed by atoms with van der Waals surface area (Å²) in [7, 11) is 0. The third-order valence-electron chi connectivity index (χ3n) is 1.48. The van der Waals surface area contributed by atoms with Gasteiger partial charge in [0.25, 0.3) is 0 Å². The first-order valence-corrected chi connectivity index (χ1v) is 4.86. The zero-order chi connectivity index (χ0) is 12.2. The van der Waals surface area contributed by atoms with Crippen molar-refractivity contribution >= 4 is 17.8 Å². The van der Waals surface area contributed by atoms with Crippen LogP contribution in [0.4, 0.5) is 13.2 Å². The number of hydrogen-bond donors (Lipinski definition) is 0. The van der Waals surface area contributed by atoms with Crippen molar-refractivity contribution in [1.29, 1.82) is 0 Å². The fraction of sp³-hybridized carbons (Fsp3) is 0.111. The highest BCUT2D eigenvalue weighted by Gasteiger charge is 2.29. The molecule has 0 saturated heterocycles. The molecule has 0 fully saturated rings. The number of nitrogens with zero attached hydrogens (tertiary/aromatic N) is 1. The normalized spacial score (nSPS) is 11.9. The van der Waals surface area contributed by atoms with E-state index in [-0.39, 0.29) is 16.7 Å². The Hall–Kier alpha value is -1.50. The van der Waals surface area contributed by atoms with Crippen molar-refractivity contribution in [3.05, 3.63) is 46.1 Å². The highest BCUT2D eigenvalue weighted by atomic mass is 32.2. The molecular weight excluding hydrogens is 243 g/mol. The van der Waals surface area contributed by atoms with Crippen LogP contribution in [-0.4, -0.2) is 10.4 Å². The van der Waals surface area contributed by atoms with Crippen LogP contribution < -0.4 is 0 Å². The molecule has 86 valence electrons. The third-order valence-corrected chi connectivity index (χ3v) is 2.20. The van der Waals surface area contributed by atoms with E-state index in [1.54, 1.807) is 0 Å². The lowest BCUT2D eigenvalue weighted by Crippen LogP contribution is -1.98. The molecule has 0 bridgehead atoms. The summed E-state index contributed by atoms with van der Waals surface area (Å²) < 4.78 is 36.1. The predicted octanol–water partition coefficient (Wildman–Crippen LogP) is 3.55. The molecule has 0 saturated carbocycles. The Morgan fingerprint density at radius 1 is 1.38 bits per heavy atom. The van der Waals surface area contributed by atoms with Crippen molar-refractivity contribution in [2.24, 2.45) is 0 Å². The molecule has 0 heterocycles. The van der Waals surface area contributed by atoms with Gasteiger partial charge in [-0.3, -0.25) is 10.1 Å². The molecule has 16 heavy (non-hydrogen) atoms. The average molecular weight is 249 g/mol. The van der Waals surface area contributed by atoms with Crippen molar-refractivity contribution in [2.45, 2.75) is 10.4 Å². The molecule has 1 rings (SSSR count). The van der Waals surface area contributed by atoms with Crippen LogP contribution in [0, 0.1) is 10.1 Å². The van der Waals surface area contributed by atoms with Gasteiger partial charge in [-0.15, -0.1) is 0 Å². The molecule has 0 amide bonds. The lowest BCUT2D eigenvalue weighted by molar-refractivity contribution is -0.400. The number of thioether (sulfide) groups is 1. The highest BCUT2D eigenvalue weighted by molar-refractivity contribution is 8.00. The van der Waals surface area contributed by atoms with Gasteiger partial charge in [0.2, 0.25) is 6.20 Å². The zero-order valence-corrected chi connectivity index (χ0v) is 8.59. The van der Waals surface area contributed by atoms with Gasteiger partial charge in [0.05, 0.1) is 4.92 Å². The maximum absolute atomic E-state index is 12.0. The molecule has 0 aromatic heterocycles. The SMILES string of the molecule is O=[N+]([O-])/C=C/c1cccc(SC(F)(F)F)c1. The standard InChI is InChI=1S/C9H6F3NO2S/c10-9(11,12)16-8-3-1-2-7(6-8)4-5-13(14)15/h1-6H/b5-4+. The molecule has 0 radical (unpaired) electrons. The van der Waals surface area contributed by atoms with Crippen molar-refractivity contribution in [3.63, 3.8) is 0 Å². The summed E-state index contributed by atoms with van der Waals surface area (Å²) in [5, 5.41) is 10.0. The van der Waals surface area contributed by atoms with E-state index in [1.807, 2.05) is 0 Å². The maximum Gasteiger partial charge on any atom is 0.446 e. The largest absolute Gasteiger partial charge is 0.446 e. The monoisotopic (exact) mass is 249 g/mol. The van der Waals surface area contributed by atoms with Gasteiger partial charge in [-0.2, -0.15) is 13.2 Å². The summed E-state index contributed by atoms with van der Waals surface area (Å²) in [4.78, 5) is 9.34. The van der Waals surface area contributed by atoms with Gasteiger partial charge in [0.15, 0.2) is 0 Å². The molecule has 1 aromatic rings. The molecule has 0 N–H and O–H groups in total. The second-order valence-corrected chi connectivity index (χ2v) is 3.86. The van der Waals surface area contributed by atoms with Crippen molar-refractivity contribution in [1.82, 2.24) is 0 Å². The van der Waals surface area contributed by atoms with E-state index in [0.717, 1.165) is 6.08 Å². The maximum atomic E-state index is 12.0. The number of benzene rings is 1. The van der Waals surface area contributed by atoms with Gasteiger partial charge >= 0.3 is 5.51 Å². The van der Waals surface area contributed by atoms with E-state index < -0.39 is 10.4 Å². The topological polar surface area (TPSA) is 43.1 Å². The minimum Gasteiger partial charge on any atom is -0.259 e. The molecule has 0 aliphatic heterocycles. The Labute approximate surface area is 93.1 Å². The molecule has 1 aromatic carbocycles. The summed E-state index contributed by atoms with van der Waals surface area (Å²) in [5.74, 6) is 0. The molecule has 0 spiro atoms. The molecule has 0 unspecified atom stereocenters. The summed E-state index contributed by atoms with van der Waals surface area (Å²) in [6.07, 6.45) is 1.82. The van der Waals surface area contributed by atoms with Crippen LogP contribution in [0.1, 0.15) is 5.56 Å². The Kier molecular flexibility index (Phi) is 3.94. The second kappa shape index (κ2) is 5.02. The van der Waals surface area contributed by atoms with E-state index in [0.29, 0.717) is 11.8 Å². The molecule has 7 heteroatoms. The lowest BCUT2D eigenvalue weighted by Gasteiger charge is -2.05. The smallest absolute Gasteiger partial charge is 0.259 e. The van der Waals surface area contributed by atoms with E-state index in [2.05, 4.69) is 0 Å². The third kappa shape index (κ3) is 4.83. The first-order valence-electron chi connectivity index (χ1n) is 4.04. The number of hydrogen-bond acceptors (Lipinski definition) is 3. The van der Waals surface area contributed by atoms with Crippen LogP contribution in [0.3, 0.4) is 0 Å². The minimum atomic E-state index is -4.36. The number of alkyl halides is 3. The first-order chi connectivity index (χ1) is 7.37. The number of nitro groups is 1. The quantitative estimate of drug-likeness (QED) is 0.467.